The minimum Gasteiger partial charge on any atom is -0.489 e. The highest BCUT2D eigenvalue weighted by atomic mass is 35.5. The first kappa shape index (κ1) is 14.0. The number of nitrogens with two attached hydrogens (primary N) is 1. The molecule has 2 aromatic rings. The molecule has 0 spiro atoms. The maximum Gasteiger partial charge on any atom is 0.179 e. The average Bonchev–Trinajstić information content (AvgIpc) is 2.72. The molecule has 3 N–H and O–H groups in total. The van der Waals surface area contributed by atoms with Crippen molar-refractivity contribution in [2.45, 2.75) is 12.5 Å². The van der Waals surface area contributed by atoms with Crippen LogP contribution in [0.2, 0.25) is 5.02 Å². The summed E-state index contributed by atoms with van der Waals surface area (Å²) in [5.41, 5.74) is 6.92. The Morgan fingerprint density at radius 3 is 2.90 bits per heavy atom. The van der Waals surface area contributed by atoms with Crippen LogP contribution in [0.5, 0.6) is 11.5 Å². The van der Waals surface area contributed by atoms with Crippen molar-refractivity contribution in [2.75, 3.05) is 18.9 Å². The van der Waals surface area contributed by atoms with Gasteiger partial charge in [0.2, 0.25) is 0 Å². The molecule has 6 heteroatoms. The molecule has 2 heterocycles. The number of hydrogen-bond donors (Lipinski definition) is 2. The highest BCUT2D eigenvalue weighted by Gasteiger charge is 2.20. The number of benzene rings is 1. The van der Waals surface area contributed by atoms with E-state index < -0.39 is 6.10 Å². The van der Waals surface area contributed by atoms with E-state index in [0.717, 1.165) is 6.42 Å². The van der Waals surface area contributed by atoms with Gasteiger partial charge in [0, 0.05) is 18.2 Å². The van der Waals surface area contributed by atoms with Crippen LogP contribution in [-0.4, -0.2) is 23.3 Å². The first-order valence-corrected chi connectivity index (χ1v) is 7.02. The van der Waals surface area contributed by atoms with Crippen molar-refractivity contribution in [2.24, 2.45) is 0 Å². The first-order valence-electron chi connectivity index (χ1n) is 6.64. The Kier molecular flexibility index (Phi) is 3.86. The summed E-state index contributed by atoms with van der Waals surface area (Å²) in [7, 11) is 0. The van der Waals surface area contributed by atoms with E-state index in [1.807, 2.05) is 0 Å². The fourth-order valence-electron chi connectivity index (χ4n) is 2.25. The number of aromatic nitrogens is 1. The lowest BCUT2D eigenvalue weighted by Crippen LogP contribution is -2.06. The SMILES string of the molecule is Nc1ncccc1C(O)c1cc(Cl)c2c(c1)OCCCO2. The van der Waals surface area contributed by atoms with Crippen molar-refractivity contribution < 1.29 is 14.6 Å². The van der Waals surface area contributed by atoms with Gasteiger partial charge in [-0.3, -0.25) is 0 Å². The zero-order chi connectivity index (χ0) is 14.8. The molecule has 0 aliphatic carbocycles. The van der Waals surface area contributed by atoms with Gasteiger partial charge in [-0.15, -0.1) is 0 Å². The molecule has 0 bridgehead atoms. The predicted molar refractivity (Wildman–Crippen MR) is 79.8 cm³/mol. The summed E-state index contributed by atoms with van der Waals surface area (Å²) in [6.45, 7) is 1.11. The Morgan fingerprint density at radius 1 is 1.29 bits per heavy atom. The number of halogens is 1. The van der Waals surface area contributed by atoms with Crippen molar-refractivity contribution in [1.29, 1.82) is 0 Å². The summed E-state index contributed by atoms with van der Waals surface area (Å²) in [5, 5.41) is 10.9. The number of nitrogens with zero attached hydrogens (tertiary/aromatic N) is 1. The van der Waals surface area contributed by atoms with Gasteiger partial charge in [-0.1, -0.05) is 17.7 Å². The molecule has 0 amide bonds. The lowest BCUT2D eigenvalue weighted by molar-refractivity contribution is 0.219. The molecule has 0 saturated carbocycles. The van der Waals surface area contributed by atoms with E-state index in [2.05, 4.69) is 4.98 Å². The normalized spacial score (nSPS) is 15.3. The minimum absolute atomic E-state index is 0.285. The molecule has 3 rings (SSSR count). The molecule has 5 nitrogen and oxygen atoms in total. The minimum atomic E-state index is -0.923. The molecule has 0 saturated heterocycles. The van der Waals surface area contributed by atoms with Crippen molar-refractivity contribution in [3.8, 4) is 11.5 Å². The van der Waals surface area contributed by atoms with Crippen LogP contribution in [0.15, 0.2) is 30.5 Å². The Balaban J connectivity index is 2.01. The number of nitrogen functional groups attached to an aromatic ring is 1. The number of aliphatic hydroxyl groups excluding tert-OH is 1. The van der Waals surface area contributed by atoms with Crippen LogP contribution in [0, 0.1) is 0 Å². The second-order valence-corrected chi connectivity index (χ2v) is 5.17. The van der Waals surface area contributed by atoms with E-state index >= 15 is 0 Å². The van der Waals surface area contributed by atoms with Gasteiger partial charge in [0.15, 0.2) is 11.5 Å². The van der Waals surface area contributed by atoms with Gasteiger partial charge in [0.25, 0.3) is 0 Å². The topological polar surface area (TPSA) is 77.6 Å². The number of pyridine rings is 1. The summed E-state index contributed by atoms with van der Waals surface area (Å²) in [5.74, 6) is 1.34. The van der Waals surface area contributed by atoms with Gasteiger partial charge in [0.1, 0.15) is 11.9 Å². The lowest BCUT2D eigenvalue weighted by Gasteiger charge is -2.16. The summed E-state index contributed by atoms with van der Waals surface area (Å²) < 4.78 is 11.2. The standard InChI is InChI=1S/C15H15ClN2O3/c16-11-7-9(8-12-14(11)21-6-2-5-20-12)13(19)10-3-1-4-18-15(10)17/h1,3-4,7-8,13,19H,2,5-6H2,(H2,17,18). The van der Waals surface area contributed by atoms with Crippen molar-refractivity contribution in [1.82, 2.24) is 4.98 Å². The average molecular weight is 307 g/mol. The summed E-state index contributed by atoms with van der Waals surface area (Å²) in [6.07, 6.45) is 1.44. The van der Waals surface area contributed by atoms with Gasteiger partial charge < -0.3 is 20.3 Å². The monoisotopic (exact) mass is 306 g/mol. The molecule has 1 aliphatic heterocycles. The maximum absolute atomic E-state index is 10.5. The van der Waals surface area contributed by atoms with Crippen LogP contribution in [0.4, 0.5) is 5.82 Å². The molecular formula is C15H15ClN2O3. The Morgan fingerprint density at radius 2 is 2.10 bits per heavy atom. The van der Waals surface area contributed by atoms with Crippen LogP contribution in [0.25, 0.3) is 0 Å². The van der Waals surface area contributed by atoms with Crippen LogP contribution < -0.4 is 15.2 Å². The van der Waals surface area contributed by atoms with Crippen LogP contribution >= 0.6 is 11.6 Å². The second-order valence-electron chi connectivity index (χ2n) is 4.76. The van der Waals surface area contributed by atoms with Gasteiger partial charge >= 0.3 is 0 Å². The summed E-state index contributed by atoms with van der Waals surface area (Å²) >= 11 is 6.23. The zero-order valence-electron chi connectivity index (χ0n) is 11.3. The third-order valence-electron chi connectivity index (χ3n) is 3.31. The molecule has 0 fully saturated rings. The van der Waals surface area contributed by atoms with Gasteiger partial charge in [-0.25, -0.2) is 4.98 Å². The number of ether oxygens (including phenoxy) is 2. The van der Waals surface area contributed by atoms with Crippen molar-refractivity contribution >= 4 is 17.4 Å². The van der Waals surface area contributed by atoms with Crippen LogP contribution in [0.1, 0.15) is 23.7 Å². The molecule has 1 unspecified atom stereocenters. The highest BCUT2D eigenvalue weighted by molar-refractivity contribution is 6.32. The van der Waals surface area contributed by atoms with E-state index in [-0.39, 0.29) is 5.82 Å². The van der Waals surface area contributed by atoms with E-state index in [1.54, 1.807) is 30.5 Å². The third-order valence-corrected chi connectivity index (χ3v) is 3.59. The molecule has 1 atom stereocenters. The van der Waals surface area contributed by atoms with E-state index in [4.69, 9.17) is 26.8 Å². The van der Waals surface area contributed by atoms with E-state index in [0.29, 0.717) is 40.9 Å². The Hall–Kier alpha value is -1.98. The number of aliphatic hydroxyl groups is 1. The largest absolute Gasteiger partial charge is 0.489 e. The Labute approximate surface area is 127 Å². The highest BCUT2D eigenvalue weighted by Crippen LogP contribution is 2.40. The fourth-order valence-corrected chi connectivity index (χ4v) is 2.52. The smallest absolute Gasteiger partial charge is 0.179 e. The molecule has 1 aromatic heterocycles. The third kappa shape index (κ3) is 2.75. The zero-order valence-corrected chi connectivity index (χ0v) is 12.0. The molecule has 1 aromatic carbocycles. The number of anilines is 1. The summed E-state index contributed by atoms with van der Waals surface area (Å²) in [6, 6.07) is 6.83. The fraction of sp³-hybridized carbons (Fsp3) is 0.267. The van der Waals surface area contributed by atoms with Gasteiger partial charge in [-0.05, 0) is 23.8 Å². The van der Waals surface area contributed by atoms with Gasteiger partial charge in [0.05, 0.1) is 18.2 Å². The van der Waals surface area contributed by atoms with Crippen LogP contribution in [0.3, 0.4) is 0 Å². The number of fused-ring (bicyclic) bond motifs is 1. The van der Waals surface area contributed by atoms with E-state index in [1.165, 1.54) is 0 Å². The second kappa shape index (κ2) is 5.79. The number of hydrogen-bond acceptors (Lipinski definition) is 5. The predicted octanol–water partition coefficient (Wildman–Crippen LogP) is 2.56. The molecular weight excluding hydrogens is 292 g/mol. The molecule has 1 aliphatic rings. The number of rotatable bonds is 2. The maximum atomic E-state index is 10.5. The Bertz CT molecular complexity index is 663. The quantitative estimate of drug-likeness (QED) is 0.891. The van der Waals surface area contributed by atoms with Crippen molar-refractivity contribution in [3.63, 3.8) is 0 Å². The molecule has 21 heavy (non-hydrogen) atoms. The molecule has 110 valence electrons. The summed E-state index contributed by atoms with van der Waals surface area (Å²) in [4.78, 5) is 3.98. The lowest BCUT2D eigenvalue weighted by atomic mass is 10.0. The van der Waals surface area contributed by atoms with Crippen molar-refractivity contribution in [3.05, 3.63) is 46.6 Å². The van der Waals surface area contributed by atoms with Gasteiger partial charge in [-0.2, -0.15) is 0 Å². The van der Waals surface area contributed by atoms with E-state index in [9.17, 15) is 5.11 Å². The first-order chi connectivity index (χ1) is 10.2. The molecule has 0 radical (unpaired) electrons. The van der Waals surface area contributed by atoms with Crippen LogP contribution in [-0.2, 0) is 0 Å².